The zero-order valence-corrected chi connectivity index (χ0v) is 15.0. The van der Waals surface area contributed by atoms with Crippen LogP contribution in [0.25, 0.3) is 10.6 Å². The zero-order chi connectivity index (χ0) is 19.3. The van der Waals surface area contributed by atoms with Crippen molar-refractivity contribution >= 4 is 17.2 Å². The molecule has 1 N–H and O–H groups in total. The molecule has 0 radical (unpaired) electrons. The highest BCUT2D eigenvalue weighted by Crippen LogP contribution is 2.31. The molecule has 27 heavy (non-hydrogen) atoms. The van der Waals surface area contributed by atoms with E-state index in [1.54, 1.807) is 11.6 Å². The van der Waals surface area contributed by atoms with E-state index in [2.05, 4.69) is 15.3 Å². The molecule has 0 saturated carbocycles. The van der Waals surface area contributed by atoms with E-state index >= 15 is 0 Å². The maximum absolute atomic E-state index is 12.6. The van der Waals surface area contributed by atoms with Crippen LogP contribution >= 0.6 is 11.3 Å². The van der Waals surface area contributed by atoms with Crippen LogP contribution in [0.2, 0.25) is 0 Å². The largest absolute Gasteiger partial charge is 0.416 e. The SMILES string of the molecule is O=C(Cc1csc(-c2ccc(C(F)(F)F)cc2)n1)NCCc1ccccn1. The van der Waals surface area contributed by atoms with E-state index in [4.69, 9.17) is 0 Å². The minimum atomic E-state index is -4.36. The summed E-state index contributed by atoms with van der Waals surface area (Å²) < 4.78 is 37.9. The Balaban J connectivity index is 1.53. The number of rotatable bonds is 6. The molecule has 3 rings (SSSR count). The smallest absolute Gasteiger partial charge is 0.355 e. The van der Waals surface area contributed by atoms with Gasteiger partial charge in [0.05, 0.1) is 17.7 Å². The van der Waals surface area contributed by atoms with Gasteiger partial charge in [-0.15, -0.1) is 11.3 Å². The predicted octanol–water partition coefficient (Wildman–Crippen LogP) is 4.13. The second kappa shape index (κ2) is 8.30. The van der Waals surface area contributed by atoms with Crippen LogP contribution in [-0.2, 0) is 23.8 Å². The van der Waals surface area contributed by atoms with Crippen LogP contribution in [0.4, 0.5) is 13.2 Å². The molecule has 0 spiro atoms. The molecule has 0 aliphatic heterocycles. The van der Waals surface area contributed by atoms with Crippen molar-refractivity contribution in [3.63, 3.8) is 0 Å². The highest BCUT2D eigenvalue weighted by Gasteiger charge is 2.30. The molecule has 0 aliphatic carbocycles. The van der Waals surface area contributed by atoms with Gasteiger partial charge in [-0.05, 0) is 24.3 Å². The molecule has 0 atom stereocenters. The Morgan fingerprint density at radius 3 is 2.52 bits per heavy atom. The maximum Gasteiger partial charge on any atom is 0.416 e. The molecule has 0 unspecified atom stereocenters. The lowest BCUT2D eigenvalue weighted by Crippen LogP contribution is -2.27. The van der Waals surface area contributed by atoms with Gasteiger partial charge >= 0.3 is 6.18 Å². The monoisotopic (exact) mass is 391 g/mol. The van der Waals surface area contributed by atoms with Gasteiger partial charge in [0.25, 0.3) is 0 Å². The molecular weight excluding hydrogens is 375 g/mol. The molecule has 1 aromatic carbocycles. The molecule has 0 fully saturated rings. The summed E-state index contributed by atoms with van der Waals surface area (Å²) in [7, 11) is 0. The molecule has 0 aliphatic rings. The number of hydrogen-bond acceptors (Lipinski definition) is 4. The van der Waals surface area contributed by atoms with Gasteiger partial charge in [0, 0.05) is 35.8 Å². The van der Waals surface area contributed by atoms with E-state index in [1.165, 1.54) is 23.5 Å². The van der Waals surface area contributed by atoms with E-state index in [1.807, 2.05) is 18.2 Å². The van der Waals surface area contributed by atoms with Gasteiger partial charge < -0.3 is 5.32 Å². The number of hydrogen-bond donors (Lipinski definition) is 1. The fourth-order valence-corrected chi connectivity index (χ4v) is 3.25. The second-order valence-corrected chi connectivity index (χ2v) is 6.68. The first kappa shape index (κ1) is 19.0. The van der Waals surface area contributed by atoms with Gasteiger partial charge in [0.15, 0.2) is 0 Å². The number of benzene rings is 1. The van der Waals surface area contributed by atoms with Crippen molar-refractivity contribution in [2.24, 2.45) is 0 Å². The minimum Gasteiger partial charge on any atom is -0.355 e. The number of pyridine rings is 1. The molecule has 2 heterocycles. The number of thiazole rings is 1. The first-order chi connectivity index (χ1) is 12.9. The van der Waals surface area contributed by atoms with Gasteiger partial charge in [0.2, 0.25) is 5.91 Å². The van der Waals surface area contributed by atoms with E-state index in [-0.39, 0.29) is 12.3 Å². The third-order valence-electron chi connectivity index (χ3n) is 3.78. The van der Waals surface area contributed by atoms with E-state index in [0.29, 0.717) is 29.2 Å². The van der Waals surface area contributed by atoms with Gasteiger partial charge in [-0.3, -0.25) is 9.78 Å². The first-order valence-corrected chi connectivity index (χ1v) is 9.08. The molecule has 1 amide bonds. The topological polar surface area (TPSA) is 54.9 Å². The molecule has 0 saturated heterocycles. The number of amides is 1. The number of halogens is 3. The van der Waals surface area contributed by atoms with Crippen molar-refractivity contribution < 1.29 is 18.0 Å². The van der Waals surface area contributed by atoms with Crippen molar-refractivity contribution in [3.8, 4) is 10.6 Å². The fraction of sp³-hybridized carbons (Fsp3) is 0.211. The summed E-state index contributed by atoms with van der Waals surface area (Å²) in [5.41, 5.74) is 1.38. The van der Waals surface area contributed by atoms with Crippen LogP contribution in [0.3, 0.4) is 0 Å². The van der Waals surface area contributed by atoms with Gasteiger partial charge in [-0.25, -0.2) is 4.98 Å². The lowest BCUT2D eigenvalue weighted by molar-refractivity contribution is -0.137. The Hall–Kier alpha value is -2.74. The van der Waals surface area contributed by atoms with Crippen LogP contribution in [0.1, 0.15) is 17.0 Å². The third-order valence-corrected chi connectivity index (χ3v) is 4.72. The molecule has 4 nitrogen and oxygen atoms in total. The lowest BCUT2D eigenvalue weighted by atomic mass is 10.1. The summed E-state index contributed by atoms with van der Waals surface area (Å²) in [6.07, 6.45) is -1.89. The number of carbonyl (C=O) groups is 1. The van der Waals surface area contributed by atoms with Crippen LogP contribution in [-0.4, -0.2) is 22.4 Å². The van der Waals surface area contributed by atoms with Crippen molar-refractivity contribution in [1.29, 1.82) is 0 Å². The normalized spacial score (nSPS) is 11.4. The van der Waals surface area contributed by atoms with Crippen LogP contribution in [0.15, 0.2) is 54.0 Å². The van der Waals surface area contributed by atoms with E-state index in [0.717, 1.165) is 17.8 Å². The van der Waals surface area contributed by atoms with Crippen LogP contribution < -0.4 is 5.32 Å². The average molecular weight is 391 g/mol. The fourth-order valence-electron chi connectivity index (χ4n) is 2.43. The Morgan fingerprint density at radius 1 is 1.07 bits per heavy atom. The molecule has 8 heteroatoms. The summed E-state index contributed by atoms with van der Waals surface area (Å²) in [6, 6.07) is 10.4. The van der Waals surface area contributed by atoms with Crippen LogP contribution in [0.5, 0.6) is 0 Å². The molecule has 2 aromatic heterocycles. The third kappa shape index (κ3) is 5.37. The van der Waals surface area contributed by atoms with Gasteiger partial charge in [-0.1, -0.05) is 18.2 Å². The summed E-state index contributed by atoms with van der Waals surface area (Å²) in [4.78, 5) is 20.5. The quantitative estimate of drug-likeness (QED) is 0.688. The number of nitrogens with one attached hydrogen (secondary N) is 1. The average Bonchev–Trinajstić information content (AvgIpc) is 3.10. The Kier molecular flexibility index (Phi) is 5.85. The lowest BCUT2D eigenvalue weighted by Gasteiger charge is -2.06. The highest BCUT2D eigenvalue weighted by atomic mass is 32.1. The van der Waals surface area contributed by atoms with Crippen molar-refractivity contribution in [2.75, 3.05) is 6.54 Å². The van der Waals surface area contributed by atoms with Crippen molar-refractivity contribution in [1.82, 2.24) is 15.3 Å². The number of nitrogens with zero attached hydrogens (tertiary/aromatic N) is 2. The molecule has 140 valence electrons. The van der Waals surface area contributed by atoms with Crippen molar-refractivity contribution in [2.45, 2.75) is 19.0 Å². The highest BCUT2D eigenvalue weighted by molar-refractivity contribution is 7.13. The zero-order valence-electron chi connectivity index (χ0n) is 14.2. The van der Waals surface area contributed by atoms with E-state index < -0.39 is 11.7 Å². The summed E-state index contributed by atoms with van der Waals surface area (Å²) in [5, 5.41) is 5.14. The second-order valence-electron chi connectivity index (χ2n) is 5.82. The molecular formula is C19H16F3N3OS. The van der Waals surface area contributed by atoms with Gasteiger partial charge in [-0.2, -0.15) is 13.2 Å². The molecule has 0 bridgehead atoms. The van der Waals surface area contributed by atoms with Crippen LogP contribution in [0, 0.1) is 0 Å². The maximum atomic E-state index is 12.6. The molecule has 3 aromatic rings. The summed E-state index contributed by atoms with van der Waals surface area (Å²) in [5.74, 6) is -0.157. The minimum absolute atomic E-state index is 0.124. The van der Waals surface area contributed by atoms with Gasteiger partial charge in [0.1, 0.15) is 5.01 Å². The number of alkyl halides is 3. The summed E-state index contributed by atoms with van der Waals surface area (Å²) >= 11 is 1.30. The Labute approximate surface area is 158 Å². The predicted molar refractivity (Wildman–Crippen MR) is 97.2 cm³/mol. The Bertz CT molecular complexity index is 893. The standard InChI is InChI=1S/C19H16F3N3OS/c20-19(21,22)14-6-4-13(5-7-14)18-25-16(12-27-18)11-17(26)24-10-8-15-3-1-2-9-23-15/h1-7,9,12H,8,10-11H2,(H,24,26). The first-order valence-electron chi connectivity index (χ1n) is 8.20. The number of aromatic nitrogens is 2. The Morgan fingerprint density at radius 2 is 1.85 bits per heavy atom. The van der Waals surface area contributed by atoms with E-state index in [9.17, 15) is 18.0 Å². The van der Waals surface area contributed by atoms with Crippen molar-refractivity contribution in [3.05, 3.63) is 71.0 Å². The number of carbonyl (C=O) groups excluding carboxylic acids is 1. The summed E-state index contributed by atoms with van der Waals surface area (Å²) in [6.45, 7) is 0.478.